The molecule has 2 saturated heterocycles. The molecule has 0 spiro atoms. The molecule has 1 unspecified atom stereocenters. The summed E-state index contributed by atoms with van der Waals surface area (Å²) in [5.74, 6) is 2.23. The summed E-state index contributed by atoms with van der Waals surface area (Å²) in [6.07, 6.45) is 6.14. The molecule has 0 aromatic heterocycles. The molecule has 0 saturated carbocycles. The predicted octanol–water partition coefficient (Wildman–Crippen LogP) is 2.56. The summed E-state index contributed by atoms with van der Waals surface area (Å²) in [7, 11) is 0. The number of carbonyl (C=O) groups excluding carboxylic acids is 1. The van der Waals surface area contributed by atoms with Gasteiger partial charge in [-0.15, -0.1) is 0 Å². The molecule has 2 amide bonds. The van der Waals surface area contributed by atoms with Crippen molar-refractivity contribution in [3.8, 4) is 0 Å². The molecule has 21 heavy (non-hydrogen) atoms. The molecule has 2 aliphatic rings. The van der Waals surface area contributed by atoms with E-state index in [0.29, 0.717) is 12.3 Å². The van der Waals surface area contributed by atoms with Crippen molar-refractivity contribution in [3.63, 3.8) is 0 Å². The summed E-state index contributed by atoms with van der Waals surface area (Å²) in [5.41, 5.74) is 0. The van der Waals surface area contributed by atoms with Crippen molar-refractivity contribution in [1.29, 1.82) is 0 Å². The number of carbonyl (C=O) groups is 2. The van der Waals surface area contributed by atoms with Crippen LogP contribution in [0.1, 0.15) is 44.9 Å². The number of carboxylic acid groups (broad SMARTS) is 1. The van der Waals surface area contributed by atoms with Crippen LogP contribution >= 0.6 is 11.8 Å². The van der Waals surface area contributed by atoms with Crippen molar-refractivity contribution in [2.45, 2.75) is 51.0 Å². The molecule has 0 aromatic carbocycles. The van der Waals surface area contributed by atoms with Crippen molar-refractivity contribution in [3.05, 3.63) is 0 Å². The Balaban J connectivity index is 1.78. The molecule has 2 aliphatic heterocycles. The predicted molar refractivity (Wildman–Crippen MR) is 84.7 cm³/mol. The largest absolute Gasteiger partial charge is 0.481 e. The first-order chi connectivity index (χ1) is 10.2. The van der Waals surface area contributed by atoms with Gasteiger partial charge in [-0.25, -0.2) is 4.79 Å². The third-order valence-corrected chi connectivity index (χ3v) is 5.51. The van der Waals surface area contributed by atoms with E-state index in [1.165, 1.54) is 24.3 Å². The van der Waals surface area contributed by atoms with E-state index in [2.05, 4.69) is 5.32 Å². The third-order valence-electron chi connectivity index (χ3n) is 4.46. The van der Waals surface area contributed by atoms with Gasteiger partial charge < -0.3 is 15.3 Å². The van der Waals surface area contributed by atoms with E-state index in [1.807, 2.05) is 16.7 Å². The van der Waals surface area contributed by atoms with Crippen molar-refractivity contribution in [2.75, 3.05) is 24.6 Å². The third kappa shape index (κ3) is 5.41. The summed E-state index contributed by atoms with van der Waals surface area (Å²) < 4.78 is 0. The highest BCUT2D eigenvalue weighted by molar-refractivity contribution is 7.99. The quantitative estimate of drug-likeness (QED) is 0.818. The minimum absolute atomic E-state index is 0.00307. The Kier molecular flexibility index (Phi) is 6.67. The summed E-state index contributed by atoms with van der Waals surface area (Å²) in [6, 6.07) is 0.0973. The van der Waals surface area contributed by atoms with Crippen molar-refractivity contribution in [1.82, 2.24) is 10.2 Å². The number of amides is 2. The maximum atomic E-state index is 12.4. The van der Waals surface area contributed by atoms with E-state index >= 15 is 0 Å². The second-order valence-electron chi connectivity index (χ2n) is 6.02. The van der Waals surface area contributed by atoms with Gasteiger partial charge in [-0.1, -0.05) is 0 Å². The molecule has 0 aliphatic carbocycles. The van der Waals surface area contributed by atoms with Gasteiger partial charge in [0.05, 0.1) is 0 Å². The SMILES string of the molecule is O=C(O)CCC1CCCCN1C(=O)NCC1CCSCC1. The maximum Gasteiger partial charge on any atom is 0.317 e. The Morgan fingerprint density at radius 2 is 1.95 bits per heavy atom. The zero-order valence-corrected chi connectivity index (χ0v) is 13.4. The number of rotatable bonds is 5. The van der Waals surface area contributed by atoms with Gasteiger partial charge in [-0.05, 0) is 55.9 Å². The van der Waals surface area contributed by atoms with Gasteiger partial charge in [0.1, 0.15) is 0 Å². The Bertz CT molecular complexity index is 359. The number of nitrogens with zero attached hydrogens (tertiary/aromatic N) is 1. The van der Waals surface area contributed by atoms with E-state index in [4.69, 9.17) is 5.11 Å². The molecule has 1 atom stereocenters. The molecule has 2 heterocycles. The Morgan fingerprint density at radius 3 is 2.67 bits per heavy atom. The van der Waals surface area contributed by atoms with Gasteiger partial charge in [0, 0.05) is 25.6 Å². The lowest BCUT2D eigenvalue weighted by atomic mass is 9.98. The van der Waals surface area contributed by atoms with Gasteiger partial charge in [-0.3, -0.25) is 4.79 Å². The van der Waals surface area contributed by atoms with Crippen LogP contribution in [0.15, 0.2) is 0 Å². The van der Waals surface area contributed by atoms with E-state index in [1.54, 1.807) is 0 Å². The normalized spacial score (nSPS) is 23.8. The monoisotopic (exact) mass is 314 g/mol. The Hall–Kier alpha value is -0.910. The maximum absolute atomic E-state index is 12.4. The summed E-state index contributed by atoms with van der Waals surface area (Å²) in [6.45, 7) is 1.53. The number of hydrogen-bond acceptors (Lipinski definition) is 3. The van der Waals surface area contributed by atoms with Crippen LogP contribution in [-0.4, -0.2) is 52.6 Å². The molecule has 2 N–H and O–H groups in total. The van der Waals surface area contributed by atoms with Crippen LogP contribution < -0.4 is 5.32 Å². The van der Waals surface area contributed by atoms with Crippen molar-refractivity contribution >= 4 is 23.8 Å². The number of aliphatic carboxylic acids is 1. The molecular weight excluding hydrogens is 288 g/mol. The fourth-order valence-corrected chi connectivity index (χ4v) is 4.35. The van der Waals surface area contributed by atoms with Crippen LogP contribution in [0.2, 0.25) is 0 Å². The Labute approximate surface area is 130 Å². The average Bonchev–Trinajstić information content (AvgIpc) is 2.52. The second kappa shape index (κ2) is 8.51. The van der Waals surface area contributed by atoms with E-state index < -0.39 is 5.97 Å². The molecule has 2 rings (SSSR count). The fourth-order valence-electron chi connectivity index (χ4n) is 3.14. The van der Waals surface area contributed by atoms with Crippen LogP contribution in [0.5, 0.6) is 0 Å². The first kappa shape index (κ1) is 16.5. The second-order valence-corrected chi connectivity index (χ2v) is 7.24. The first-order valence-electron chi connectivity index (χ1n) is 8.01. The number of likely N-dealkylation sites (tertiary alicyclic amines) is 1. The van der Waals surface area contributed by atoms with Gasteiger partial charge in [0.25, 0.3) is 0 Å². The van der Waals surface area contributed by atoms with Gasteiger partial charge in [-0.2, -0.15) is 11.8 Å². The fraction of sp³-hybridized carbons (Fsp3) is 0.867. The molecule has 6 heteroatoms. The highest BCUT2D eigenvalue weighted by atomic mass is 32.2. The number of urea groups is 1. The van der Waals surface area contributed by atoms with E-state index in [-0.39, 0.29) is 18.5 Å². The standard InChI is InChI=1S/C15H26N2O3S/c18-14(19)5-4-13-3-1-2-8-17(13)15(20)16-11-12-6-9-21-10-7-12/h12-13H,1-11H2,(H,16,20)(H,18,19). The molecule has 0 bridgehead atoms. The number of carboxylic acids is 1. The van der Waals surface area contributed by atoms with Crippen molar-refractivity contribution in [2.24, 2.45) is 5.92 Å². The highest BCUT2D eigenvalue weighted by Crippen LogP contribution is 2.23. The molecule has 5 nitrogen and oxygen atoms in total. The molecule has 0 radical (unpaired) electrons. The topological polar surface area (TPSA) is 69.6 Å². The summed E-state index contributed by atoms with van der Waals surface area (Å²) in [4.78, 5) is 25.0. The lowest BCUT2D eigenvalue weighted by Gasteiger charge is -2.36. The van der Waals surface area contributed by atoms with Crippen LogP contribution in [0, 0.1) is 5.92 Å². The van der Waals surface area contributed by atoms with Crippen LogP contribution in [0.25, 0.3) is 0 Å². The van der Waals surface area contributed by atoms with Gasteiger partial charge >= 0.3 is 12.0 Å². The van der Waals surface area contributed by atoms with Crippen LogP contribution in [0.3, 0.4) is 0 Å². The van der Waals surface area contributed by atoms with Crippen molar-refractivity contribution < 1.29 is 14.7 Å². The van der Waals surface area contributed by atoms with Crippen LogP contribution in [-0.2, 0) is 4.79 Å². The Morgan fingerprint density at radius 1 is 1.19 bits per heavy atom. The van der Waals surface area contributed by atoms with E-state index in [0.717, 1.165) is 32.4 Å². The summed E-state index contributed by atoms with van der Waals surface area (Å²) in [5, 5.41) is 11.9. The number of thioether (sulfide) groups is 1. The lowest BCUT2D eigenvalue weighted by molar-refractivity contribution is -0.137. The number of hydrogen-bond donors (Lipinski definition) is 2. The first-order valence-corrected chi connectivity index (χ1v) is 9.16. The molecule has 0 aromatic rings. The zero-order chi connectivity index (χ0) is 15.1. The minimum Gasteiger partial charge on any atom is -0.481 e. The molecule has 2 fully saturated rings. The van der Waals surface area contributed by atoms with Gasteiger partial charge in [0.15, 0.2) is 0 Å². The highest BCUT2D eigenvalue weighted by Gasteiger charge is 2.27. The van der Waals surface area contributed by atoms with Gasteiger partial charge in [0.2, 0.25) is 0 Å². The average molecular weight is 314 g/mol. The number of nitrogens with one attached hydrogen (secondary N) is 1. The number of piperidine rings is 1. The van der Waals surface area contributed by atoms with E-state index in [9.17, 15) is 9.59 Å². The van der Waals surface area contributed by atoms with Crippen LogP contribution in [0.4, 0.5) is 4.79 Å². The lowest BCUT2D eigenvalue weighted by Crippen LogP contribution is -2.49. The zero-order valence-electron chi connectivity index (χ0n) is 12.6. The summed E-state index contributed by atoms with van der Waals surface area (Å²) >= 11 is 1.99. The molecular formula is C15H26N2O3S. The smallest absolute Gasteiger partial charge is 0.317 e. The minimum atomic E-state index is -0.777. The molecule has 120 valence electrons.